The zero-order valence-electron chi connectivity index (χ0n) is 21.8. The van der Waals surface area contributed by atoms with Crippen molar-refractivity contribution in [2.75, 3.05) is 23.8 Å². The minimum atomic E-state index is -0.561. The van der Waals surface area contributed by atoms with Crippen LogP contribution in [-0.2, 0) is 4.74 Å². The lowest BCUT2D eigenvalue weighted by molar-refractivity contribution is -0.0635. The Hall–Kier alpha value is -4.14. The third-order valence-corrected chi connectivity index (χ3v) is 7.16. The lowest BCUT2D eigenvalue weighted by atomic mass is 10.0. The predicted molar refractivity (Wildman–Crippen MR) is 158 cm³/mol. The van der Waals surface area contributed by atoms with Gasteiger partial charge in [0, 0.05) is 29.2 Å². The number of nitriles is 1. The third-order valence-electron chi connectivity index (χ3n) is 6.58. The molecule has 210 valence electrons. The van der Waals surface area contributed by atoms with Crippen molar-refractivity contribution in [1.29, 1.82) is 5.26 Å². The van der Waals surface area contributed by atoms with Crippen LogP contribution in [0.25, 0.3) is 10.9 Å². The number of nitrogens with one attached hydrogen (secondary N) is 4. The molecule has 4 N–H and O–H groups in total. The van der Waals surface area contributed by atoms with Crippen LogP contribution in [0.1, 0.15) is 12.5 Å². The summed E-state index contributed by atoms with van der Waals surface area (Å²) in [4.78, 5) is 4.38. The van der Waals surface area contributed by atoms with Crippen LogP contribution in [0.5, 0.6) is 0 Å². The van der Waals surface area contributed by atoms with E-state index in [0.717, 1.165) is 5.70 Å². The topological polar surface area (TPSA) is 97.3 Å². The van der Waals surface area contributed by atoms with Crippen molar-refractivity contribution in [2.24, 2.45) is 0 Å². The number of benzene rings is 2. The minimum Gasteiger partial charge on any atom is -0.377 e. The summed E-state index contributed by atoms with van der Waals surface area (Å²) in [6.45, 7) is 6.95. The van der Waals surface area contributed by atoms with E-state index in [-0.39, 0.29) is 16.6 Å². The Balaban J connectivity index is 1.54. The normalized spacial score (nSPS) is 16.2. The minimum absolute atomic E-state index is 0.0653. The van der Waals surface area contributed by atoms with Crippen LogP contribution >= 0.6 is 23.2 Å². The lowest BCUT2D eigenvalue weighted by Gasteiger charge is -2.33. The SMILES string of the molecule is C=C(/C=C\C(F)=C/C)[C@H](Nc1cc(Cl)c2ncc(C#N)c(Nc3ccc(F)c(Cl)c3)c2c1)C1=CN(C2COC2)NN1. The van der Waals surface area contributed by atoms with E-state index in [1.165, 1.54) is 36.5 Å². The van der Waals surface area contributed by atoms with Crippen molar-refractivity contribution in [3.8, 4) is 6.07 Å². The number of nitrogens with zero attached hydrogens (tertiary/aromatic N) is 3. The third kappa shape index (κ3) is 6.14. The predicted octanol–water partition coefficient (Wildman–Crippen LogP) is 6.63. The quantitative estimate of drug-likeness (QED) is 0.205. The standard InChI is InChI=1S/C29H25Cl2F2N7O/c1-3-18(32)5-4-16(2)27(26-13-40(39-38-26)21-14-41-15-21)37-20-8-22-28(36-19-6-7-25(33)23(30)9-19)17(11-34)12-35-29(22)24(31)10-20/h3-10,12-13,21,27,37-39H,2,14-15H2,1H3,(H,35,36)/b5-4-,18-3+/t27-/m0/s1. The van der Waals surface area contributed by atoms with Gasteiger partial charge in [0.05, 0.1) is 57.8 Å². The van der Waals surface area contributed by atoms with Crippen LogP contribution in [0.2, 0.25) is 10.0 Å². The number of hydrazine groups is 2. The number of hydrogen-bond donors (Lipinski definition) is 4. The maximum Gasteiger partial charge on any atom is 0.141 e. The van der Waals surface area contributed by atoms with Crippen LogP contribution in [0.4, 0.5) is 25.8 Å². The molecule has 1 aromatic heterocycles. The van der Waals surface area contributed by atoms with Gasteiger partial charge in [-0.2, -0.15) is 5.26 Å². The molecule has 0 bridgehead atoms. The number of hydrogen-bond acceptors (Lipinski definition) is 8. The molecule has 2 aromatic carbocycles. The maximum absolute atomic E-state index is 13.9. The van der Waals surface area contributed by atoms with Crippen molar-refractivity contribution in [3.05, 3.63) is 106 Å². The number of pyridine rings is 1. The van der Waals surface area contributed by atoms with E-state index in [1.54, 1.807) is 25.1 Å². The fourth-order valence-corrected chi connectivity index (χ4v) is 4.72. The van der Waals surface area contributed by atoms with Gasteiger partial charge >= 0.3 is 0 Å². The highest BCUT2D eigenvalue weighted by Crippen LogP contribution is 2.36. The average molecular weight is 596 g/mol. The molecule has 1 saturated heterocycles. The fraction of sp³-hybridized carbons (Fsp3) is 0.172. The zero-order chi connectivity index (χ0) is 29.1. The van der Waals surface area contributed by atoms with Crippen molar-refractivity contribution >= 4 is 51.2 Å². The first-order valence-electron chi connectivity index (χ1n) is 12.6. The van der Waals surface area contributed by atoms with Gasteiger partial charge in [-0.15, -0.1) is 5.53 Å². The summed E-state index contributed by atoms with van der Waals surface area (Å²) in [6.07, 6.45) is 7.60. The Morgan fingerprint density at radius 1 is 1.24 bits per heavy atom. The first kappa shape index (κ1) is 28.4. The molecule has 0 radical (unpaired) electrons. The molecule has 2 aliphatic heterocycles. The zero-order valence-corrected chi connectivity index (χ0v) is 23.3. The molecule has 0 aliphatic carbocycles. The molecule has 12 heteroatoms. The highest BCUT2D eigenvalue weighted by atomic mass is 35.5. The largest absolute Gasteiger partial charge is 0.377 e. The number of aromatic nitrogens is 1. The van der Waals surface area contributed by atoms with Gasteiger partial charge in [0.25, 0.3) is 0 Å². The maximum atomic E-state index is 13.9. The fourth-order valence-electron chi connectivity index (χ4n) is 4.27. The van der Waals surface area contributed by atoms with Gasteiger partial charge < -0.3 is 20.8 Å². The highest BCUT2D eigenvalue weighted by Gasteiger charge is 2.30. The Labute approximate surface area is 245 Å². The van der Waals surface area contributed by atoms with Gasteiger partial charge in [0.15, 0.2) is 0 Å². The molecule has 3 heterocycles. The molecule has 1 atom stereocenters. The second-order valence-corrected chi connectivity index (χ2v) is 10.2. The van der Waals surface area contributed by atoms with Crippen molar-refractivity contribution < 1.29 is 13.5 Å². The van der Waals surface area contributed by atoms with Gasteiger partial charge in [-0.05, 0) is 48.9 Å². The van der Waals surface area contributed by atoms with E-state index in [0.29, 0.717) is 51.8 Å². The molecule has 0 unspecified atom stereocenters. The molecule has 41 heavy (non-hydrogen) atoms. The molecule has 3 aromatic rings. The van der Waals surface area contributed by atoms with Gasteiger partial charge in [0.2, 0.25) is 0 Å². The second kappa shape index (κ2) is 12.2. The van der Waals surface area contributed by atoms with E-state index in [9.17, 15) is 14.0 Å². The number of halogens is 4. The average Bonchev–Trinajstić information content (AvgIpc) is 3.40. The van der Waals surface area contributed by atoms with E-state index in [1.807, 2.05) is 11.2 Å². The van der Waals surface area contributed by atoms with Crippen LogP contribution < -0.4 is 21.6 Å². The molecular formula is C29H25Cl2F2N7O. The Morgan fingerprint density at radius 3 is 2.71 bits per heavy atom. The van der Waals surface area contributed by atoms with E-state index < -0.39 is 17.7 Å². The molecule has 1 fully saturated rings. The first-order valence-corrected chi connectivity index (χ1v) is 13.3. The van der Waals surface area contributed by atoms with Crippen molar-refractivity contribution in [2.45, 2.75) is 19.0 Å². The first-order chi connectivity index (χ1) is 19.8. The summed E-state index contributed by atoms with van der Waals surface area (Å²) in [5.74, 6) is -0.959. The molecule has 0 saturated carbocycles. The van der Waals surface area contributed by atoms with Crippen LogP contribution in [0.15, 0.2) is 84.6 Å². The van der Waals surface area contributed by atoms with Crippen LogP contribution in [0.3, 0.4) is 0 Å². The summed E-state index contributed by atoms with van der Waals surface area (Å²) in [7, 11) is 0. The monoisotopic (exact) mass is 595 g/mol. The highest BCUT2D eigenvalue weighted by molar-refractivity contribution is 6.36. The van der Waals surface area contributed by atoms with Gasteiger partial charge in [-0.3, -0.25) is 9.99 Å². The summed E-state index contributed by atoms with van der Waals surface area (Å²) in [5.41, 5.74) is 9.74. The second-order valence-electron chi connectivity index (χ2n) is 9.35. The summed E-state index contributed by atoms with van der Waals surface area (Å²) in [5, 5.41) is 19.1. The molecule has 0 spiro atoms. The van der Waals surface area contributed by atoms with Crippen LogP contribution in [0, 0.1) is 17.1 Å². The lowest BCUT2D eigenvalue weighted by Crippen LogP contribution is -2.52. The van der Waals surface area contributed by atoms with Crippen molar-refractivity contribution in [3.63, 3.8) is 0 Å². The molecule has 2 aliphatic rings. The molecule has 8 nitrogen and oxygen atoms in total. The van der Waals surface area contributed by atoms with Crippen LogP contribution in [-0.4, -0.2) is 35.3 Å². The van der Waals surface area contributed by atoms with E-state index >= 15 is 0 Å². The Bertz CT molecular complexity index is 1650. The number of rotatable bonds is 9. The molecule has 0 amide bonds. The van der Waals surface area contributed by atoms with Gasteiger partial charge in [-0.1, -0.05) is 41.9 Å². The molecular weight excluding hydrogens is 571 g/mol. The Morgan fingerprint density at radius 2 is 2.02 bits per heavy atom. The summed E-state index contributed by atoms with van der Waals surface area (Å²) < 4.78 is 33.0. The molecule has 5 rings (SSSR count). The Kier molecular flexibility index (Phi) is 8.42. The summed E-state index contributed by atoms with van der Waals surface area (Å²) in [6, 6.07) is 9.45. The smallest absolute Gasteiger partial charge is 0.141 e. The number of fused-ring (bicyclic) bond motifs is 1. The van der Waals surface area contributed by atoms with E-state index in [2.05, 4.69) is 39.2 Å². The van der Waals surface area contributed by atoms with E-state index in [4.69, 9.17) is 27.9 Å². The summed E-state index contributed by atoms with van der Waals surface area (Å²) >= 11 is 12.6. The number of allylic oxidation sites excluding steroid dienone is 3. The van der Waals surface area contributed by atoms with Gasteiger partial charge in [0.1, 0.15) is 17.7 Å². The number of ether oxygens (including phenoxy) is 1. The van der Waals surface area contributed by atoms with Gasteiger partial charge in [-0.25, -0.2) is 8.78 Å². The number of anilines is 3. The van der Waals surface area contributed by atoms with Crippen molar-refractivity contribution in [1.82, 2.24) is 21.0 Å².